The zero-order valence-electron chi connectivity index (χ0n) is 16.4. The summed E-state index contributed by atoms with van der Waals surface area (Å²) in [6, 6.07) is 26.1. The van der Waals surface area contributed by atoms with Gasteiger partial charge in [-0.15, -0.1) is 0 Å². The molecule has 0 fully saturated rings. The lowest BCUT2D eigenvalue weighted by molar-refractivity contribution is 0.313. The molecule has 3 nitrogen and oxygen atoms in total. The second-order valence-corrected chi connectivity index (χ2v) is 7.80. The Labute approximate surface area is 170 Å². The fourth-order valence-electron chi connectivity index (χ4n) is 4.96. The predicted octanol–water partition coefficient (Wildman–Crippen LogP) is 5.64. The van der Waals surface area contributed by atoms with Crippen LogP contribution in [0.4, 0.5) is 0 Å². The van der Waals surface area contributed by atoms with Gasteiger partial charge in [0.15, 0.2) is 0 Å². The second kappa shape index (κ2) is 6.28. The van der Waals surface area contributed by atoms with E-state index in [1.165, 1.54) is 44.5 Å². The van der Waals surface area contributed by atoms with Crippen molar-refractivity contribution < 1.29 is 4.74 Å². The molecule has 29 heavy (non-hydrogen) atoms. The molecule has 0 spiro atoms. The summed E-state index contributed by atoms with van der Waals surface area (Å²) in [5, 5.41) is 1.36. The summed E-state index contributed by atoms with van der Waals surface area (Å²) in [6.07, 6.45) is 3.38. The van der Waals surface area contributed by atoms with E-state index < -0.39 is 0 Å². The summed E-state index contributed by atoms with van der Waals surface area (Å²) in [5.74, 6) is 0.888. The van der Waals surface area contributed by atoms with E-state index >= 15 is 0 Å². The van der Waals surface area contributed by atoms with Crippen LogP contribution in [0.1, 0.15) is 34.0 Å². The van der Waals surface area contributed by atoms with E-state index in [0.717, 1.165) is 18.7 Å². The van der Waals surface area contributed by atoms with Crippen LogP contribution in [0.5, 0.6) is 5.75 Å². The smallest absolute Gasteiger partial charge is 0.118 e. The van der Waals surface area contributed by atoms with Crippen LogP contribution in [0.2, 0.25) is 0 Å². The van der Waals surface area contributed by atoms with Crippen molar-refractivity contribution in [2.24, 2.45) is 0 Å². The van der Waals surface area contributed by atoms with Gasteiger partial charge in [0, 0.05) is 28.8 Å². The van der Waals surface area contributed by atoms with Crippen LogP contribution in [-0.2, 0) is 6.42 Å². The third kappa shape index (κ3) is 2.44. The molecular formula is C26H22N2O. The fourth-order valence-corrected chi connectivity index (χ4v) is 4.96. The number of aromatic nitrogens is 1. The lowest BCUT2D eigenvalue weighted by atomic mass is 9.85. The quantitative estimate of drug-likeness (QED) is 0.489. The van der Waals surface area contributed by atoms with Crippen molar-refractivity contribution in [3.8, 4) is 5.75 Å². The molecule has 1 atom stereocenters. The molecule has 0 aliphatic carbocycles. The number of H-pyrrole nitrogens is 1. The summed E-state index contributed by atoms with van der Waals surface area (Å²) in [7, 11) is 1.71. The van der Waals surface area contributed by atoms with Gasteiger partial charge in [-0.25, -0.2) is 0 Å². The lowest BCUT2D eigenvalue weighted by Gasteiger charge is -2.42. The number of nitrogens with one attached hydrogen (secondary N) is 1. The van der Waals surface area contributed by atoms with Gasteiger partial charge in [-0.05, 0) is 65.1 Å². The molecule has 0 bridgehead atoms. The Bertz CT molecular complexity index is 1250. The molecular weight excluding hydrogens is 356 g/mol. The SMILES string of the molecule is COc1ccc(C2=Cc3ccccc3C3c4[nH]c5ccccc5c4CCN23)cc1. The molecule has 0 radical (unpaired) electrons. The van der Waals surface area contributed by atoms with Gasteiger partial charge in [-0.1, -0.05) is 42.5 Å². The van der Waals surface area contributed by atoms with Gasteiger partial charge in [0.2, 0.25) is 0 Å². The van der Waals surface area contributed by atoms with Crippen LogP contribution in [0.3, 0.4) is 0 Å². The number of benzene rings is 3. The Morgan fingerprint density at radius 1 is 0.931 bits per heavy atom. The molecule has 0 saturated carbocycles. The average molecular weight is 378 g/mol. The highest BCUT2D eigenvalue weighted by Gasteiger charge is 2.36. The molecule has 3 aromatic carbocycles. The molecule has 2 aliphatic heterocycles. The van der Waals surface area contributed by atoms with E-state index in [1.54, 1.807) is 7.11 Å². The summed E-state index contributed by atoms with van der Waals surface area (Å²) in [5.41, 5.74) is 9.21. The maximum atomic E-state index is 5.36. The van der Waals surface area contributed by atoms with Crippen molar-refractivity contribution in [3.05, 3.63) is 101 Å². The Morgan fingerprint density at radius 2 is 1.72 bits per heavy atom. The van der Waals surface area contributed by atoms with Gasteiger partial charge in [-0.2, -0.15) is 0 Å². The number of hydrogen-bond acceptors (Lipinski definition) is 2. The monoisotopic (exact) mass is 378 g/mol. The Kier molecular flexibility index (Phi) is 3.57. The molecule has 4 aromatic rings. The minimum atomic E-state index is 0.212. The predicted molar refractivity (Wildman–Crippen MR) is 118 cm³/mol. The van der Waals surface area contributed by atoms with Crippen LogP contribution < -0.4 is 4.74 Å². The van der Waals surface area contributed by atoms with Gasteiger partial charge in [0.1, 0.15) is 5.75 Å². The van der Waals surface area contributed by atoms with Gasteiger partial charge in [0.05, 0.1) is 13.2 Å². The van der Waals surface area contributed by atoms with Crippen molar-refractivity contribution in [2.75, 3.05) is 13.7 Å². The molecule has 1 aromatic heterocycles. The normalized spacial score (nSPS) is 17.3. The number of aromatic amines is 1. The van der Waals surface area contributed by atoms with Crippen LogP contribution >= 0.6 is 0 Å². The number of para-hydroxylation sites is 1. The van der Waals surface area contributed by atoms with Crippen molar-refractivity contribution in [1.82, 2.24) is 9.88 Å². The average Bonchev–Trinajstić information content (AvgIpc) is 3.17. The van der Waals surface area contributed by atoms with Gasteiger partial charge >= 0.3 is 0 Å². The molecule has 1 N–H and O–H groups in total. The molecule has 0 saturated heterocycles. The van der Waals surface area contributed by atoms with Gasteiger partial charge in [-0.3, -0.25) is 0 Å². The highest BCUT2D eigenvalue weighted by molar-refractivity contribution is 5.88. The topological polar surface area (TPSA) is 28.3 Å². The second-order valence-electron chi connectivity index (χ2n) is 7.80. The Morgan fingerprint density at radius 3 is 2.59 bits per heavy atom. The summed E-state index contributed by atoms with van der Waals surface area (Å²) in [4.78, 5) is 6.31. The van der Waals surface area contributed by atoms with Gasteiger partial charge < -0.3 is 14.6 Å². The van der Waals surface area contributed by atoms with Crippen LogP contribution in [0.25, 0.3) is 22.7 Å². The highest BCUT2D eigenvalue weighted by atomic mass is 16.5. The van der Waals surface area contributed by atoms with Crippen LogP contribution in [0.15, 0.2) is 72.8 Å². The maximum Gasteiger partial charge on any atom is 0.118 e. The minimum Gasteiger partial charge on any atom is -0.497 e. The molecule has 3 heterocycles. The van der Waals surface area contributed by atoms with Crippen LogP contribution in [-0.4, -0.2) is 23.5 Å². The molecule has 0 amide bonds. The first kappa shape index (κ1) is 16.5. The maximum absolute atomic E-state index is 5.36. The minimum absolute atomic E-state index is 0.212. The Balaban J connectivity index is 1.56. The number of fused-ring (bicyclic) bond motifs is 7. The van der Waals surface area contributed by atoms with E-state index in [2.05, 4.69) is 76.6 Å². The number of hydrogen-bond donors (Lipinski definition) is 1. The zero-order chi connectivity index (χ0) is 19.4. The molecule has 142 valence electrons. The van der Waals surface area contributed by atoms with E-state index in [9.17, 15) is 0 Å². The van der Waals surface area contributed by atoms with E-state index in [-0.39, 0.29) is 6.04 Å². The summed E-state index contributed by atoms with van der Waals surface area (Å²) in [6.45, 7) is 1.01. The first-order chi connectivity index (χ1) is 14.3. The van der Waals surface area contributed by atoms with Crippen LogP contribution in [0, 0.1) is 0 Å². The number of rotatable bonds is 2. The van der Waals surface area contributed by atoms with Crippen molar-refractivity contribution in [3.63, 3.8) is 0 Å². The zero-order valence-corrected chi connectivity index (χ0v) is 16.4. The molecule has 1 unspecified atom stereocenters. The number of nitrogens with zero attached hydrogens (tertiary/aromatic N) is 1. The van der Waals surface area contributed by atoms with E-state index in [1.807, 2.05) is 12.1 Å². The first-order valence-corrected chi connectivity index (χ1v) is 10.1. The van der Waals surface area contributed by atoms with Crippen molar-refractivity contribution >= 4 is 22.7 Å². The standard InChI is InChI=1S/C26H22N2O/c1-29-19-12-10-17(11-13-19)24-16-18-6-2-3-7-20(18)26-25-22(14-15-28(24)26)21-8-4-5-9-23(21)27-25/h2-13,16,26-27H,14-15H2,1H3. The summed E-state index contributed by atoms with van der Waals surface area (Å²) >= 11 is 0. The largest absolute Gasteiger partial charge is 0.497 e. The molecule has 2 aliphatic rings. The van der Waals surface area contributed by atoms with E-state index in [0.29, 0.717) is 0 Å². The third-order valence-electron chi connectivity index (χ3n) is 6.31. The molecule has 3 heteroatoms. The van der Waals surface area contributed by atoms with Crippen molar-refractivity contribution in [2.45, 2.75) is 12.5 Å². The highest BCUT2D eigenvalue weighted by Crippen LogP contribution is 2.46. The number of methoxy groups -OCH3 is 1. The lowest BCUT2D eigenvalue weighted by Crippen LogP contribution is -2.37. The first-order valence-electron chi connectivity index (χ1n) is 10.1. The summed E-state index contributed by atoms with van der Waals surface area (Å²) < 4.78 is 5.36. The Hall–Kier alpha value is -3.46. The van der Waals surface area contributed by atoms with Gasteiger partial charge in [0.25, 0.3) is 0 Å². The third-order valence-corrected chi connectivity index (χ3v) is 6.31. The number of ether oxygens (including phenoxy) is 1. The molecule has 6 rings (SSSR count). The fraction of sp³-hybridized carbons (Fsp3) is 0.154. The van der Waals surface area contributed by atoms with E-state index in [4.69, 9.17) is 4.74 Å². The van der Waals surface area contributed by atoms with Crippen molar-refractivity contribution in [1.29, 1.82) is 0 Å².